The van der Waals surface area contributed by atoms with E-state index in [0.29, 0.717) is 30.3 Å². The van der Waals surface area contributed by atoms with Crippen LogP contribution in [0.1, 0.15) is 5.56 Å². The summed E-state index contributed by atoms with van der Waals surface area (Å²) in [4.78, 5) is 21.4. The highest BCUT2D eigenvalue weighted by Gasteiger charge is 2.16. The zero-order valence-corrected chi connectivity index (χ0v) is 8.43. The summed E-state index contributed by atoms with van der Waals surface area (Å²) in [5.41, 5.74) is 0.608. The quantitative estimate of drug-likeness (QED) is 0.760. The monoisotopic (exact) mass is 222 g/mol. The predicted molar refractivity (Wildman–Crippen MR) is 53.8 cm³/mol. The number of ketones is 1. The highest BCUT2D eigenvalue weighted by atomic mass is 16.6. The first-order valence-electron chi connectivity index (χ1n) is 4.81. The van der Waals surface area contributed by atoms with Gasteiger partial charge in [-0.05, 0) is 17.7 Å². The van der Waals surface area contributed by atoms with E-state index in [1.54, 1.807) is 18.2 Å². The van der Waals surface area contributed by atoms with E-state index in [1.165, 1.54) is 0 Å². The van der Waals surface area contributed by atoms with E-state index in [9.17, 15) is 9.59 Å². The van der Waals surface area contributed by atoms with E-state index in [2.05, 4.69) is 0 Å². The van der Waals surface area contributed by atoms with Gasteiger partial charge in [-0.2, -0.15) is 0 Å². The molecule has 84 valence electrons. The lowest BCUT2D eigenvalue weighted by Gasteiger charge is -2.18. The molecule has 0 bridgehead atoms. The molecule has 0 atom stereocenters. The molecule has 0 aromatic heterocycles. The minimum Gasteiger partial charge on any atom is -0.486 e. The van der Waals surface area contributed by atoms with E-state index in [0.717, 1.165) is 0 Å². The van der Waals surface area contributed by atoms with Gasteiger partial charge in [-0.25, -0.2) is 4.79 Å². The van der Waals surface area contributed by atoms with Gasteiger partial charge in [0, 0.05) is 6.42 Å². The molecule has 1 aromatic carbocycles. The Hall–Kier alpha value is -2.04. The molecule has 1 aromatic rings. The Morgan fingerprint density at radius 2 is 1.88 bits per heavy atom. The minimum absolute atomic E-state index is 0.133. The van der Waals surface area contributed by atoms with Crippen LogP contribution in [0.25, 0.3) is 0 Å². The number of benzene rings is 1. The first-order valence-corrected chi connectivity index (χ1v) is 4.81. The third-order valence-electron chi connectivity index (χ3n) is 2.21. The van der Waals surface area contributed by atoms with Gasteiger partial charge in [-0.3, -0.25) is 4.79 Å². The van der Waals surface area contributed by atoms with Gasteiger partial charge in [0.2, 0.25) is 5.78 Å². The van der Waals surface area contributed by atoms with E-state index in [4.69, 9.17) is 14.6 Å². The smallest absolute Gasteiger partial charge is 0.372 e. The number of fused-ring (bicyclic) bond motifs is 1. The van der Waals surface area contributed by atoms with Crippen LogP contribution in [0.4, 0.5) is 0 Å². The minimum atomic E-state index is -1.42. The molecule has 0 fully saturated rings. The van der Waals surface area contributed by atoms with Crippen LogP contribution in [-0.4, -0.2) is 30.1 Å². The molecule has 0 radical (unpaired) electrons. The molecule has 0 aliphatic carbocycles. The van der Waals surface area contributed by atoms with Gasteiger partial charge < -0.3 is 14.6 Å². The van der Waals surface area contributed by atoms with Crippen molar-refractivity contribution in [3.05, 3.63) is 23.8 Å². The Morgan fingerprint density at radius 1 is 1.19 bits per heavy atom. The molecule has 2 rings (SSSR count). The number of ether oxygens (including phenoxy) is 2. The number of aliphatic carboxylic acids is 1. The fourth-order valence-electron chi connectivity index (χ4n) is 1.46. The third-order valence-corrected chi connectivity index (χ3v) is 2.21. The van der Waals surface area contributed by atoms with E-state index in [-0.39, 0.29) is 6.42 Å². The maximum Gasteiger partial charge on any atom is 0.372 e. The lowest BCUT2D eigenvalue weighted by atomic mass is 10.1. The topological polar surface area (TPSA) is 72.8 Å². The number of hydrogen-bond acceptors (Lipinski definition) is 4. The summed E-state index contributed by atoms with van der Waals surface area (Å²) in [6, 6.07) is 4.97. The van der Waals surface area contributed by atoms with Crippen LogP contribution in [-0.2, 0) is 16.0 Å². The van der Waals surface area contributed by atoms with Crippen molar-refractivity contribution in [1.29, 1.82) is 0 Å². The highest BCUT2D eigenvalue weighted by Crippen LogP contribution is 2.30. The van der Waals surface area contributed by atoms with Crippen molar-refractivity contribution in [2.75, 3.05) is 13.2 Å². The number of hydrogen-bond donors (Lipinski definition) is 1. The predicted octanol–water partition coefficient (Wildman–Crippen LogP) is 0.654. The van der Waals surface area contributed by atoms with Crippen molar-refractivity contribution in [3.63, 3.8) is 0 Å². The number of carbonyl (C=O) groups is 2. The van der Waals surface area contributed by atoms with Crippen LogP contribution in [0.2, 0.25) is 0 Å². The Kier molecular flexibility index (Phi) is 2.76. The second-order valence-corrected chi connectivity index (χ2v) is 3.38. The zero-order chi connectivity index (χ0) is 11.5. The summed E-state index contributed by atoms with van der Waals surface area (Å²) in [6.07, 6.45) is -0.133. The van der Waals surface area contributed by atoms with Crippen LogP contribution in [0.15, 0.2) is 18.2 Å². The summed E-state index contributed by atoms with van der Waals surface area (Å²) in [5, 5.41) is 8.48. The average molecular weight is 222 g/mol. The molecule has 16 heavy (non-hydrogen) atoms. The van der Waals surface area contributed by atoms with E-state index >= 15 is 0 Å². The lowest BCUT2D eigenvalue weighted by molar-refractivity contribution is -0.148. The van der Waals surface area contributed by atoms with Crippen LogP contribution < -0.4 is 9.47 Å². The summed E-state index contributed by atoms with van der Waals surface area (Å²) < 4.78 is 10.6. The molecule has 1 aliphatic rings. The van der Waals surface area contributed by atoms with Gasteiger partial charge >= 0.3 is 5.97 Å². The average Bonchev–Trinajstić information content (AvgIpc) is 2.28. The molecule has 0 amide bonds. The van der Waals surface area contributed by atoms with Crippen molar-refractivity contribution in [2.45, 2.75) is 6.42 Å². The van der Waals surface area contributed by atoms with Crippen molar-refractivity contribution in [2.24, 2.45) is 0 Å². The van der Waals surface area contributed by atoms with E-state index in [1.807, 2.05) is 0 Å². The number of rotatable bonds is 3. The Bertz CT molecular complexity index is 438. The van der Waals surface area contributed by atoms with Crippen molar-refractivity contribution >= 4 is 11.8 Å². The standard InChI is InChI=1S/C11H10O5/c12-8(11(13)14)5-7-1-2-9-10(6-7)16-4-3-15-9/h1-2,6H,3-5H2,(H,13,14). The van der Waals surface area contributed by atoms with Crippen molar-refractivity contribution in [3.8, 4) is 11.5 Å². The van der Waals surface area contributed by atoms with Gasteiger partial charge in [0.1, 0.15) is 13.2 Å². The first-order chi connectivity index (χ1) is 7.66. The fourth-order valence-corrected chi connectivity index (χ4v) is 1.46. The van der Waals surface area contributed by atoms with Crippen LogP contribution >= 0.6 is 0 Å². The van der Waals surface area contributed by atoms with Crippen LogP contribution in [0.5, 0.6) is 11.5 Å². The van der Waals surface area contributed by atoms with Gasteiger partial charge in [-0.15, -0.1) is 0 Å². The number of carboxylic acid groups (broad SMARTS) is 1. The van der Waals surface area contributed by atoms with Crippen LogP contribution in [0, 0.1) is 0 Å². The van der Waals surface area contributed by atoms with Gasteiger partial charge in [0.25, 0.3) is 0 Å². The van der Waals surface area contributed by atoms with Gasteiger partial charge in [0.15, 0.2) is 11.5 Å². The summed E-state index contributed by atoms with van der Waals surface area (Å²) in [5.74, 6) is -1.08. The molecular formula is C11H10O5. The lowest BCUT2D eigenvalue weighted by Crippen LogP contribution is -2.17. The summed E-state index contributed by atoms with van der Waals surface area (Å²) >= 11 is 0. The number of carbonyl (C=O) groups excluding carboxylic acids is 1. The number of carboxylic acids is 1. The maximum atomic E-state index is 11.0. The highest BCUT2D eigenvalue weighted by molar-refractivity contribution is 6.33. The second-order valence-electron chi connectivity index (χ2n) is 3.38. The van der Waals surface area contributed by atoms with Crippen molar-refractivity contribution in [1.82, 2.24) is 0 Å². The Labute approximate surface area is 91.6 Å². The second kappa shape index (κ2) is 4.22. The third kappa shape index (κ3) is 2.13. The maximum absolute atomic E-state index is 11.0. The molecule has 1 N–H and O–H groups in total. The molecule has 1 heterocycles. The first kappa shape index (κ1) is 10.5. The molecule has 5 heteroatoms. The van der Waals surface area contributed by atoms with Gasteiger partial charge in [0.05, 0.1) is 0 Å². The molecule has 1 aliphatic heterocycles. The normalized spacial score (nSPS) is 13.2. The zero-order valence-electron chi connectivity index (χ0n) is 8.43. The molecule has 5 nitrogen and oxygen atoms in total. The molecule has 0 unspecified atom stereocenters. The molecule has 0 saturated carbocycles. The summed E-state index contributed by atoms with van der Waals surface area (Å²) in [6.45, 7) is 0.962. The Morgan fingerprint density at radius 3 is 2.56 bits per heavy atom. The molecular weight excluding hydrogens is 212 g/mol. The van der Waals surface area contributed by atoms with E-state index < -0.39 is 11.8 Å². The summed E-state index contributed by atoms with van der Waals surface area (Å²) in [7, 11) is 0. The largest absolute Gasteiger partial charge is 0.486 e. The Balaban J connectivity index is 2.17. The van der Waals surface area contributed by atoms with Crippen LogP contribution in [0.3, 0.4) is 0 Å². The van der Waals surface area contributed by atoms with Crippen molar-refractivity contribution < 1.29 is 24.2 Å². The fraction of sp³-hybridized carbons (Fsp3) is 0.273. The van der Waals surface area contributed by atoms with Gasteiger partial charge in [-0.1, -0.05) is 6.07 Å². The molecule has 0 saturated heterocycles. The number of Topliss-reactive ketones (excluding diaryl/α,β-unsaturated/α-hetero) is 1. The molecule has 0 spiro atoms. The SMILES string of the molecule is O=C(O)C(=O)Cc1ccc2c(c1)OCCO2.